The number of rotatable bonds is 4. The quantitative estimate of drug-likeness (QED) is 0.902. The van der Waals surface area contributed by atoms with E-state index in [2.05, 4.69) is 10.4 Å². The molecule has 3 rings (SSSR count). The van der Waals surface area contributed by atoms with Gasteiger partial charge in [-0.3, -0.25) is 9.59 Å². The molecule has 1 aliphatic rings. The third kappa shape index (κ3) is 3.00. The van der Waals surface area contributed by atoms with Crippen LogP contribution < -0.4 is 5.32 Å². The van der Waals surface area contributed by atoms with Gasteiger partial charge in [-0.1, -0.05) is 18.2 Å². The number of hydrogen-bond acceptors (Lipinski definition) is 3. The first kappa shape index (κ1) is 14.3. The number of carbonyl (C=O) groups is 2. The van der Waals surface area contributed by atoms with Gasteiger partial charge in [0.05, 0.1) is 11.6 Å². The van der Waals surface area contributed by atoms with Crippen LogP contribution in [0.5, 0.6) is 0 Å². The number of carbonyl (C=O) groups excluding carboxylic acids is 1. The molecule has 6 nitrogen and oxygen atoms in total. The van der Waals surface area contributed by atoms with Gasteiger partial charge in [-0.2, -0.15) is 5.10 Å². The predicted octanol–water partition coefficient (Wildman–Crippen LogP) is 1.86. The van der Waals surface area contributed by atoms with E-state index >= 15 is 0 Å². The van der Waals surface area contributed by atoms with Crippen molar-refractivity contribution in [3.8, 4) is 5.69 Å². The lowest BCUT2D eigenvalue weighted by atomic mass is 10.1. The zero-order valence-corrected chi connectivity index (χ0v) is 12.0. The second-order valence-corrected chi connectivity index (χ2v) is 5.50. The third-order valence-electron chi connectivity index (χ3n) is 3.96. The van der Waals surface area contributed by atoms with Gasteiger partial charge in [0.15, 0.2) is 5.69 Å². The topological polar surface area (TPSA) is 84.2 Å². The zero-order valence-electron chi connectivity index (χ0n) is 12.0. The summed E-state index contributed by atoms with van der Waals surface area (Å²) in [5.41, 5.74) is 1.22. The minimum Gasteiger partial charge on any atom is -0.481 e. The Bertz CT molecular complexity index is 681. The van der Waals surface area contributed by atoms with Crippen molar-refractivity contribution in [3.63, 3.8) is 0 Å². The fourth-order valence-corrected chi connectivity index (χ4v) is 2.77. The number of nitrogens with one attached hydrogen (secondary N) is 1. The first-order valence-corrected chi connectivity index (χ1v) is 7.28. The first-order chi connectivity index (χ1) is 10.6. The number of aliphatic carboxylic acids is 1. The smallest absolute Gasteiger partial charge is 0.306 e. The van der Waals surface area contributed by atoms with Crippen molar-refractivity contribution in [3.05, 3.63) is 48.3 Å². The second-order valence-electron chi connectivity index (χ2n) is 5.50. The van der Waals surface area contributed by atoms with Crippen molar-refractivity contribution in [2.75, 3.05) is 0 Å². The molecule has 1 saturated carbocycles. The molecule has 0 radical (unpaired) electrons. The van der Waals surface area contributed by atoms with Crippen molar-refractivity contribution in [2.24, 2.45) is 5.92 Å². The van der Waals surface area contributed by atoms with Crippen LogP contribution in [0.3, 0.4) is 0 Å². The van der Waals surface area contributed by atoms with E-state index in [0.717, 1.165) is 5.69 Å². The Hall–Kier alpha value is -2.63. The van der Waals surface area contributed by atoms with Crippen molar-refractivity contribution in [2.45, 2.75) is 25.3 Å². The van der Waals surface area contributed by atoms with Crippen LogP contribution in [-0.2, 0) is 4.79 Å². The van der Waals surface area contributed by atoms with E-state index in [1.807, 2.05) is 30.3 Å². The highest BCUT2D eigenvalue weighted by Crippen LogP contribution is 2.25. The molecule has 1 heterocycles. The van der Waals surface area contributed by atoms with E-state index in [1.54, 1.807) is 16.9 Å². The summed E-state index contributed by atoms with van der Waals surface area (Å²) in [5.74, 6) is -1.40. The zero-order chi connectivity index (χ0) is 15.5. The third-order valence-corrected chi connectivity index (χ3v) is 3.96. The number of carboxylic acid groups (broad SMARTS) is 1. The number of hydrogen-bond donors (Lipinski definition) is 2. The van der Waals surface area contributed by atoms with Gasteiger partial charge in [0.25, 0.3) is 5.91 Å². The Kier molecular flexibility index (Phi) is 3.91. The van der Waals surface area contributed by atoms with E-state index in [9.17, 15) is 9.59 Å². The molecule has 114 valence electrons. The summed E-state index contributed by atoms with van der Waals surface area (Å²) in [6.07, 6.45) is 3.53. The normalized spacial score (nSPS) is 20.7. The summed E-state index contributed by atoms with van der Waals surface area (Å²) in [4.78, 5) is 23.1. The van der Waals surface area contributed by atoms with E-state index in [0.29, 0.717) is 25.0 Å². The van der Waals surface area contributed by atoms with Crippen molar-refractivity contribution in [1.29, 1.82) is 0 Å². The number of para-hydroxylation sites is 1. The van der Waals surface area contributed by atoms with Crippen LogP contribution in [0.25, 0.3) is 5.69 Å². The largest absolute Gasteiger partial charge is 0.481 e. The fraction of sp³-hybridized carbons (Fsp3) is 0.312. The molecule has 2 N–H and O–H groups in total. The lowest BCUT2D eigenvalue weighted by Crippen LogP contribution is -2.33. The Morgan fingerprint density at radius 3 is 2.64 bits per heavy atom. The van der Waals surface area contributed by atoms with Gasteiger partial charge in [-0.25, -0.2) is 4.68 Å². The summed E-state index contributed by atoms with van der Waals surface area (Å²) in [5, 5.41) is 16.1. The van der Waals surface area contributed by atoms with Crippen LogP contribution in [0.1, 0.15) is 29.8 Å². The molecule has 22 heavy (non-hydrogen) atoms. The van der Waals surface area contributed by atoms with Gasteiger partial charge >= 0.3 is 5.97 Å². The molecule has 1 fully saturated rings. The highest BCUT2D eigenvalue weighted by atomic mass is 16.4. The van der Waals surface area contributed by atoms with Gasteiger partial charge in [0.1, 0.15) is 0 Å². The maximum Gasteiger partial charge on any atom is 0.306 e. The summed E-state index contributed by atoms with van der Waals surface area (Å²) in [6, 6.07) is 11.1. The Morgan fingerprint density at radius 1 is 1.18 bits per heavy atom. The lowest BCUT2D eigenvalue weighted by molar-refractivity contribution is -0.141. The highest BCUT2D eigenvalue weighted by molar-refractivity contribution is 5.92. The lowest BCUT2D eigenvalue weighted by Gasteiger charge is -2.11. The van der Waals surface area contributed by atoms with E-state index in [-0.39, 0.29) is 17.9 Å². The molecule has 0 aliphatic heterocycles. The number of benzene rings is 1. The standard InChI is InChI=1S/C16H17N3O3/c20-15(17-12-7-6-11(10-12)16(21)22)14-8-9-19(18-14)13-4-2-1-3-5-13/h1-5,8-9,11-12H,6-7,10H2,(H,17,20)(H,21,22)/t11-,12+/m1/s1. The molecule has 2 aromatic rings. The van der Waals surface area contributed by atoms with Crippen LogP contribution in [0, 0.1) is 5.92 Å². The minimum absolute atomic E-state index is 0.0875. The van der Waals surface area contributed by atoms with Crippen LogP contribution >= 0.6 is 0 Å². The summed E-state index contributed by atoms with van der Waals surface area (Å²) in [7, 11) is 0. The van der Waals surface area contributed by atoms with Crippen LogP contribution in [0.2, 0.25) is 0 Å². The van der Waals surface area contributed by atoms with Gasteiger partial charge in [0.2, 0.25) is 0 Å². The molecule has 0 saturated heterocycles. The SMILES string of the molecule is O=C(N[C@H]1CC[C@@H](C(=O)O)C1)c1ccn(-c2ccccc2)n1. The molecule has 1 aromatic heterocycles. The molecule has 1 aromatic carbocycles. The predicted molar refractivity (Wildman–Crippen MR) is 79.8 cm³/mol. The molecular formula is C16H17N3O3. The van der Waals surface area contributed by atoms with Gasteiger partial charge < -0.3 is 10.4 Å². The highest BCUT2D eigenvalue weighted by Gasteiger charge is 2.30. The van der Waals surface area contributed by atoms with Crippen molar-refractivity contribution >= 4 is 11.9 Å². The number of aromatic nitrogens is 2. The number of amides is 1. The Morgan fingerprint density at radius 2 is 1.95 bits per heavy atom. The fourth-order valence-electron chi connectivity index (χ4n) is 2.77. The van der Waals surface area contributed by atoms with Crippen LogP contribution in [-0.4, -0.2) is 32.8 Å². The molecule has 0 bridgehead atoms. The average Bonchev–Trinajstić information content (AvgIpc) is 3.17. The van der Waals surface area contributed by atoms with Gasteiger partial charge in [-0.15, -0.1) is 0 Å². The van der Waals surface area contributed by atoms with Gasteiger partial charge in [-0.05, 0) is 37.5 Å². The molecular weight excluding hydrogens is 282 g/mol. The molecule has 1 amide bonds. The molecule has 1 aliphatic carbocycles. The maximum absolute atomic E-state index is 12.2. The second kappa shape index (κ2) is 6.01. The number of nitrogens with zero attached hydrogens (tertiary/aromatic N) is 2. The number of carboxylic acids is 1. The van der Waals surface area contributed by atoms with Gasteiger partial charge in [0, 0.05) is 12.2 Å². The Balaban J connectivity index is 1.64. The van der Waals surface area contributed by atoms with E-state index in [1.165, 1.54) is 0 Å². The summed E-state index contributed by atoms with van der Waals surface area (Å²) < 4.78 is 1.64. The monoisotopic (exact) mass is 299 g/mol. The molecule has 0 spiro atoms. The van der Waals surface area contributed by atoms with Crippen molar-refractivity contribution in [1.82, 2.24) is 15.1 Å². The molecule has 0 unspecified atom stereocenters. The molecule has 2 atom stereocenters. The molecule has 6 heteroatoms. The van der Waals surface area contributed by atoms with Crippen LogP contribution in [0.4, 0.5) is 0 Å². The van der Waals surface area contributed by atoms with Crippen molar-refractivity contribution < 1.29 is 14.7 Å². The average molecular weight is 299 g/mol. The van der Waals surface area contributed by atoms with E-state index in [4.69, 9.17) is 5.11 Å². The van der Waals surface area contributed by atoms with E-state index < -0.39 is 5.97 Å². The summed E-state index contributed by atoms with van der Waals surface area (Å²) >= 11 is 0. The minimum atomic E-state index is -0.787. The van der Waals surface area contributed by atoms with Crippen LogP contribution in [0.15, 0.2) is 42.6 Å². The summed E-state index contributed by atoms with van der Waals surface area (Å²) in [6.45, 7) is 0. The Labute approximate surface area is 127 Å². The first-order valence-electron chi connectivity index (χ1n) is 7.28. The maximum atomic E-state index is 12.2.